The maximum absolute atomic E-state index is 11.5. The summed E-state index contributed by atoms with van der Waals surface area (Å²) in [6.45, 7) is 0. The van der Waals surface area contributed by atoms with Gasteiger partial charge >= 0.3 is 0 Å². The van der Waals surface area contributed by atoms with Crippen LogP contribution in [0.25, 0.3) is 10.8 Å². The second-order valence-electron chi connectivity index (χ2n) is 3.28. The third-order valence-corrected chi connectivity index (χ3v) is 3.42. The van der Waals surface area contributed by atoms with Gasteiger partial charge in [-0.15, -0.1) is 0 Å². The molecule has 0 unspecified atom stereocenters. The highest BCUT2D eigenvalue weighted by atomic mass is 127. The molecule has 0 bridgehead atoms. The number of rotatable bonds is 0. The number of nitrogens with one attached hydrogen (secondary N) is 1. The zero-order valence-electron chi connectivity index (χ0n) is 7.17. The van der Waals surface area contributed by atoms with E-state index < -0.39 is 0 Å². The Morgan fingerprint density at radius 3 is 2.86 bits per heavy atom. The molecule has 3 rings (SSSR count). The standard InChI is InChI=1S/C11H6INO/c12-8-5-4-7-10-6(8)2-1-3-9(10)13-11(7)14/h1-5H,(H,13,14). The van der Waals surface area contributed by atoms with E-state index in [0.29, 0.717) is 0 Å². The van der Waals surface area contributed by atoms with E-state index in [2.05, 4.69) is 27.9 Å². The average Bonchev–Trinajstić information content (AvgIpc) is 2.50. The summed E-state index contributed by atoms with van der Waals surface area (Å²) < 4.78 is 1.18. The topological polar surface area (TPSA) is 29.1 Å². The van der Waals surface area contributed by atoms with Crippen LogP contribution >= 0.6 is 22.6 Å². The zero-order valence-corrected chi connectivity index (χ0v) is 9.33. The van der Waals surface area contributed by atoms with Crippen molar-refractivity contribution in [3.8, 4) is 0 Å². The zero-order chi connectivity index (χ0) is 9.71. The first-order valence-corrected chi connectivity index (χ1v) is 5.38. The minimum Gasteiger partial charge on any atom is -0.321 e. The summed E-state index contributed by atoms with van der Waals surface area (Å²) in [7, 11) is 0. The summed E-state index contributed by atoms with van der Waals surface area (Å²) in [4.78, 5) is 11.5. The molecule has 2 aromatic rings. The molecule has 1 amide bonds. The number of halogens is 1. The molecule has 1 aliphatic heterocycles. The molecule has 68 valence electrons. The highest BCUT2D eigenvalue weighted by Gasteiger charge is 2.21. The van der Waals surface area contributed by atoms with Crippen LogP contribution in [0.2, 0.25) is 0 Å². The number of hydrogen-bond acceptors (Lipinski definition) is 1. The van der Waals surface area contributed by atoms with E-state index in [1.165, 1.54) is 3.57 Å². The predicted octanol–water partition coefficient (Wildman–Crippen LogP) is 3.01. The van der Waals surface area contributed by atoms with Gasteiger partial charge in [-0.05, 0) is 46.2 Å². The Kier molecular flexibility index (Phi) is 1.58. The minimum atomic E-state index is 0.00704. The van der Waals surface area contributed by atoms with Crippen molar-refractivity contribution in [2.24, 2.45) is 0 Å². The van der Waals surface area contributed by atoms with Crippen molar-refractivity contribution in [3.63, 3.8) is 0 Å². The molecule has 0 spiro atoms. The highest BCUT2D eigenvalue weighted by Crippen LogP contribution is 2.34. The second-order valence-corrected chi connectivity index (χ2v) is 4.44. The van der Waals surface area contributed by atoms with Crippen molar-refractivity contribution < 1.29 is 4.79 Å². The van der Waals surface area contributed by atoms with E-state index in [-0.39, 0.29) is 5.91 Å². The van der Waals surface area contributed by atoms with Crippen LogP contribution in [0.3, 0.4) is 0 Å². The molecule has 0 aromatic heterocycles. The summed E-state index contributed by atoms with van der Waals surface area (Å²) in [5.74, 6) is 0.00704. The molecule has 0 atom stereocenters. The Bertz CT molecular complexity index is 562. The Labute approximate surface area is 94.4 Å². The molecule has 0 aliphatic carbocycles. The smallest absolute Gasteiger partial charge is 0.256 e. The van der Waals surface area contributed by atoms with Crippen LogP contribution in [0, 0.1) is 3.57 Å². The molecule has 0 radical (unpaired) electrons. The van der Waals surface area contributed by atoms with Crippen LogP contribution in [-0.2, 0) is 0 Å². The van der Waals surface area contributed by atoms with Gasteiger partial charge in [-0.25, -0.2) is 0 Å². The van der Waals surface area contributed by atoms with Gasteiger partial charge in [0.2, 0.25) is 0 Å². The molecule has 2 aromatic carbocycles. The number of carbonyl (C=O) groups is 1. The average molecular weight is 295 g/mol. The van der Waals surface area contributed by atoms with Crippen LogP contribution in [0.4, 0.5) is 5.69 Å². The van der Waals surface area contributed by atoms with E-state index in [9.17, 15) is 4.79 Å². The number of anilines is 1. The van der Waals surface area contributed by atoms with Crippen molar-refractivity contribution in [1.29, 1.82) is 0 Å². The number of carbonyl (C=O) groups excluding carboxylic acids is 1. The molecule has 2 nitrogen and oxygen atoms in total. The van der Waals surface area contributed by atoms with Gasteiger partial charge in [0.25, 0.3) is 5.91 Å². The van der Waals surface area contributed by atoms with Gasteiger partial charge in [-0.2, -0.15) is 0 Å². The van der Waals surface area contributed by atoms with Crippen molar-refractivity contribution in [3.05, 3.63) is 39.5 Å². The normalized spacial score (nSPS) is 13.4. The fourth-order valence-electron chi connectivity index (χ4n) is 1.85. The quantitative estimate of drug-likeness (QED) is 0.744. The lowest BCUT2D eigenvalue weighted by molar-refractivity contribution is 0.103. The number of amides is 1. The van der Waals surface area contributed by atoms with Gasteiger partial charge < -0.3 is 5.32 Å². The fourth-order valence-corrected chi connectivity index (χ4v) is 2.48. The molecule has 0 saturated carbocycles. The molecule has 0 saturated heterocycles. The minimum absolute atomic E-state index is 0.00704. The van der Waals surface area contributed by atoms with Crippen molar-refractivity contribution >= 4 is 45.0 Å². The van der Waals surface area contributed by atoms with Crippen LogP contribution < -0.4 is 5.32 Å². The molecule has 1 N–H and O–H groups in total. The molecular formula is C11H6INO. The number of benzene rings is 2. The monoisotopic (exact) mass is 295 g/mol. The molecule has 1 aliphatic rings. The van der Waals surface area contributed by atoms with Crippen LogP contribution in [0.5, 0.6) is 0 Å². The maximum Gasteiger partial charge on any atom is 0.256 e. The molecule has 14 heavy (non-hydrogen) atoms. The van der Waals surface area contributed by atoms with E-state index >= 15 is 0 Å². The predicted molar refractivity (Wildman–Crippen MR) is 64.6 cm³/mol. The summed E-state index contributed by atoms with van der Waals surface area (Å²) in [5, 5.41) is 5.07. The SMILES string of the molecule is O=C1Nc2cccc3c(I)ccc1c23. The Hall–Kier alpha value is -1.10. The van der Waals surface area contributed by atoms with Crippen molar-refractivity contribution in [2.75, 3.05) is 5.32 Å². The molecular weight excluding hydrogens is 289 g/mol. The van der Waals surface area contributed by atoms with Crippen molar-refractivity contribution in [2.45, 2.75) is 0 Å². The second kappa shape index (κ2) is 2.70. The van der Waals surface area contributed by atoms with Gasteiger partial charge in [0.15, 0.2) is 0 Å². The summed E-state index contributed by atoms with van der Waals surface area (Å²) in [5.41, 5.74) is 1.72. The van der Waals surface area contributed by atoms with Gasteiger partial charge in [0.1, 0.15) is 0 Å². The van der Waals surface area contributed by atoms with Gasteiger partial charge in [-0.3, -0.25) is 4.79 Å². The summed E-state index contributed by atoms with van der Waals surface area (Å²) >= 11 is 2.29. The first-order valence-electron chi connectivity index (χ1n) is 4.30. The summed E-state index contributed by atoms with van der Waals surface area (Å²) in [6, 6.07) is 9.81. The third-order valence-electron chi connectivity index (χ3n) is 2.48. The lowest BCUT2D eigenvalue weighted by Gasteiger charge is -2.00. The van der Waals surface area contributed by atoms with E-state index in [1.54, 1.807) is 0 Å². The summed E-state index contributed by atoms with van der Waals surface area (Å²) in [6.07, 6.45) is 0. The van der Waals surface area contributed by atoms with E-state index in [0.717, 1.165) is 22.0 Å². The Morgan fingerprint density at radius 1 is 1.14 bits per heavy atom. The maximum atomic E-state index is 11.5. The van der Waals surface area contributed by atoms with Crippen molar-refractivity contribution in [1.82, 2.24) is 0 Å². The Morgan fingerprint density at radius 2 is 2.00 bits per heavy atom. The fraction of sp³-hybridized carbons (Fsp3) is 0. The lowest BCUT2D eigenvalue weighted by atomic mass is 10.1. The lowest BCUT2D eigenvalue weighted by Crippen LogP contribution is -2.03. The van der Waals surface area contributed by atoms with Gasteiger partial charge in [-0.1, -0.05) is 12.1 Å². The van der Waals surface area contributed by atoms with E-state index in [4.69, 9.17) is 0 Å². The van der Waals surface area contributed by atoms with Gasteiger partial charge in [0.05, 0.1) is 0 Å². The third kappa shape index (κ3) is 0.930. The first kappa shape index (κ1) is 8.23. The molecule has 1 heterocycles. The largest absolute Gasteiger partial charge is 0.321 e. The number of hydrogen-bond donors (Lipinski definition) is 1. The van der Waals surface area contributed by atoms with Crippen LogP contribution in [0.15, 0.2) is 30.3 Å². The molecule has 0 fully saturated rings. The van der Waals surface area contributed by atoms with Gasteiger partial charge in [0, 0.05) is 20.2 Å². The molecule has 3 heteroatoms. The first-order chi connectivity index (χ1) is 6.77. The van der Waals surface area contributed by atoms with Crippen LogP contribution in [0.1, 0.15) is 10.4 Å². The van der Waals surface area contributed by atoms with E-state index in [1.807, 2.05) is 30.3 Å². The highest BCUT2D eigenvalue weighted by molar-refractivity contribution is 14.1. The van der Waals surface area contributed by atoms with Crippen LogP contribution in [-0.4, -0.2) is 5.91 Å². The Balaban J connectivity index is 2.59.